The average Bonchev–Trinajstić information content (AvgIpc) is 2.47. The van der Waals surface area contributed by atoms with Gasteiger partial charge in [0.15, 0.2) is 0 Å². The van der Waals surface area contributed by atoms with E-state index in [-0.39, 0.29) is 0 Å². The summed E-state index contributed by atoms with van der Waals surface area (Å²) in [6, 6.07) is 14.8. The number of hydrogen-bond acceptors (Lipinski definition) is 2. The summed E-state index contributed by atoms with van der Waals surface area (Å²) in [5, 5.41) is 15.0. The predicted octanol–water partition coefficient (Wildman–Crippen LogP) is 5.34. The first-order valence-corrected chi connectivity index (χ1v) is 7.80. The third-order valence-electron chi connectivity index (χ3n) is 3.87. The van der Waals surface area contributed by atoms with Crippen molar-refractivity contribution in [1.82, 2.24) is 0 Å². The van der Waals surface area contributed by atoms with E-state index in [0.717, 1.165) is 27.9 Å². The standard InChI is InChI=1S/C19H24N2/c1-14(2)7-6-8-15(3)21-19-12-11-16(13-20)17-9-4-5-10-18(17)19/h4-5,9-12,14-15,21H,6-8H2,1-3H3. The third kappa shape index (κ3) is 3.98. The van der Waals surface area contributed by atoms with Crippen molar-refractivity contribution in [1.29, 1.82) is 5.26 Å². The van der Waals surface area contributed by atoms with E-state index in [1.54, 1.807) is 0 Å². The van der Waals surface area contributed by atoms with E-state index in [0.29, 0.717) is 6.04 Å². The fraction of sp³-hybridized carbons (Fsp3) is 0.421. The molecule has 110 valence electrons. The Morgan fingerprint density at radius 3 is 2.38 bits per heavy atom. The van der Waals surface area contributed by atoms with Gasteiger partial charge in [0.25, 0.3) is 0 Å². The molecular formula is C19H24N2. The lowest BCUT2D eigenvalue weighted by atomic mass is 10.0. The number of hydrogen-bond donors (Lipinski definition) is 1. The molecule has 1 N–H and O–H groups in total. The van der Waals surface area contributed by atoms with E-state index in [4.69, 9.17) is 0 Å². The Hall–Kier alpha value is -2.01. The minimum Gasteiger partial charge on any atom is -0.382 e. The van der Waals surface area contributed by atoms with Gasteiger partial charge in [-0.3, -0.25) is 0 Å². The van der Waals surface area contributed by atoms with Crippen LogP contribution in [0.1, 0.15) is 45.6 Å². The lowest BCUT2D eigenvalue weighted by molar-refractivity contribution is 0.520. The quantitative estimate of drug-likeness (QED) is 0.775. The molecule has 0 aromatic heterocycles. The highest BCUT2D eigenvalue weighted by Crippen LogP contribution is 2.27. The highest BCUT2D eigenvalue weighted by Gasteiger charge is 2.08. The molecule has 1 unspecified atom stereocenters. The van der Waals surface area contributed by atoms with Crippen LogP contribution >= 0.6 is 0 Å². The van der Waals surface area contributed by atoms with Gasteiger partial charge >= 0.3 is 0 Å². The smallest absolute Gasteiger partial charge is 0.0998 e. The lowest BCUT2D eigenvalue weighted by Crippen LogP contribution is -2.15. The van der Waals surface area contributed by atoms with Crippen molar-refractivity contribution in [2.75, 3.05) is 5.32 Å². The fourth-order valence-corrected chi connectivity index (χ4v) is 2.69. The Balaban J connectivity index is 2.14. The summed E-state index contributed by atoms with van der Waals surface area (Å²) in [6.45, 7) is 6.77. The van der Waals surface area contributed by atoms with Crippen LogP contribution in [0.3, 0.4) is 0 Å². The van der Waals surface area contributed by atoms with Crippen LogP contribution in [-0.4, -0.2) is 6.04 Å². The molecule has 0 aliphatic carbocycles. The van der Waals surface area contributed by atoms with Gasteiger partial charge in [0, 0.05) is 22.5 Å². The zero-order chi connectivity index (χ0) is 15.2. The zero-order valence-electron chi connectivity index (χ0n) is 13.2. The molecule has 0 saturated heterocycles. The first kappa shape index (κ1) is 15.4. The molecule has 2 heteroatoms. The van der Waals surface area contributed by atoms with E-state index in [9.17, 15) is 5.26 Å². The summed E-state index contributed by atoms with van der Waals surface area (Å²) in [6.07, 6.45) is 3.70. The second-order valence-electron chi connectivity index (χ2n) is 6.19. The predicted molar refractivity (Wildman–Crippen MR) is 90.4 cm³/mol. The maximum atomic E-state index is 9.21. The van der Waals surface area contributed by atoms with Gasteiger partial charge in [0.2, 0.25) is 0 Å². The van der Waals surface area contributed by atoms with Gasteiger partial charge in [0.1, 0.15) is 0 Å². The Morgan fingerprint density at radius 2 is 1.71 bits per heavy atom. The lowest BCUT2D eigenvalue weighted by Gasteiger charge is -2.18. The van der Waals surface area contributed by atoms with E-state index in [1.807, 2.05) is 30.3 Å². The van der Waals surface area contributed by atoms with Gasteiger partial charge < -0.3 is 5.32 Å². The first-order valence-electron chi connectivity index (χ1n) is 7.80. The van der Waals surface area contributed by atoms with Crippen LogP contribution in [0.2, 0.25) is 0 Å². The highest BCUT2D eigenvalue weighted by atomic mass is 14.9. The molecule has 0 aliphatic rings. The Bertz CT molecular complexity index is 638. The largest absolute Gasteiger partial charge is 0.382 e. The van der Waals surface area contributed by atoms with Crippen LogP contribution in [0.25, 0.3) is 10.8 Å². The Labute approximate surface area is 127 Å². The van der Waals surface area contributed by atoms with Crippen LogP contribution in [0, 0.1) is 17.2 Å². The number of fused-ring (bicyclic) bond motifs is 1. The average molecular weight is 280 g/mol. The molecule has 1 atom stereocenters. The molecule has 0 heterocycles. The maximum absolute atomic E-state index is 9.21. The number of benzene rings is 2. The SMILES string of the molecule is CC(C)CCCC(C)Nc1ccc(C#N)c2ccccc12. The van der Waals surface area contributed by atoms with Gasteiger partial charge in [-0.15, -0.1) is 0 Å². The second-order valence-corrected chi connectivity index (χ2v) is 6.19. The maximum Gasteiger partial charge on any atom is 0.0998 e. The minimum absolute atomic E-state index is 0.445. The second kappa shape index (κ2) is 7.13. The molecule has 0 bridgehead atoms. The molecular weight excluding hydrogens is 256 g/mol. The van der Waals surface area contributed by atoms with Crippen molar-refractivity contribution in [3.63, 3.8) is 0 Å². The zero-order valence-corrected chi connectivity index (χ0v) is 13.2. The summed E-state index contributed by atoms with van der Waals surface area (Å²) in [4.78, 5) is 0. The highest BCUT2D eigenvalue weighted by molar-refractivity contribution is 5.97. The van der Waals surface area contributed by atoms with Crippen molar-refractivity contribution in [2.45, 2.75) is 46.1 Å². The topological polar surface area (TPSA) is 35.8 Å². The fourth-order valence-electron chi connectivity index (χ4n) is 2.69. The molecule has 0 radical (unpaired) electrons. The molecule has 21 heavy (non-hydrogen) atoms. The van der Waals surface area contributed by atoms with Gasteiger partial charge in [0.05, 0.1) is 11.6 Å². The van der Waals surface area contributed by atoms with E-state index in [1.165, 1.54) is 19.3 Å². The van der Waals surface area contributed by atoms with E-state index < -0.39 is 0 Å². The van der Waals surface area contributed by atoms with Crippen LogP contribution in [0.4, 0.5) is 5.69 Å². The molecule has 2 nitrogen and oxygen atoms in total. The Morgan fingerprint density at radius 1 is 1.00 bits per heavy atom. The van der Waals surface area contributed by atoms with Crippen LogP contribution < -0.4 is 5.32 Å². The van der Waals surface area contributed by atoms with Gasteiger partial charge in [-0.2, -0.15) is 5.26 Å². The number of nitriles is 1. The number of anilines is 1. The van der Waals surface area contributed by atoms with Gasteiger partial charge in [-0.25, -0.2) is 0 Å². The first-order chi connectivity index (χ1) is 10.1. The number of nitrogens with zero attached hydrogens (tertiary/aromatic N) is 1. The van der Waals surface area contributed by atoms with E-state index >= 15 is 0 Å². The number of nitrogens with one attached hydrogen (secondary N) is 1. The summed E-state index contributed by atoms with van der Waals surface area (Å²) >= 11 is 0. The Kier molecular flexibility index (Phi) is 5.22. The monoisotopic (exact) mass is 280 g/mol. The van der Waals surface area contributed by atoms with Crippen molar-refractivity contribution in [3.8, 4) is 6.07 Å². The third-order valence-corrected chi connectivity index (χ3v) is 3.87. The summed E-state index contributed by atoms with van der Waals surface area (Å²) in [5.74, 6) is 0.771. The molecule has 0 saturated carbocycles. The molecule has 0 amide bonds. The molecule has 0 spiro atoms. The normalized spacial score (nSPS) is 12.3. The van der Waals surface area contributed by atoms with Crippen molar-refractivity contribution >= 4 is 16.5 Å². The van der Waals surface area contributed by atoms with Gasteiger partial charge in [-0.05, 0) is 31.4 Å². The molecule has 2 aromatic carbocycles. The molecule has 2 aromatic rings. The van der Waals surface area contributed by atoms with Crippen LogP contribution in [0.15, 0.2) is 36.4 Å². The summed E-state index contributed by atoms with van der Waals surface area (Å²) < 4.78 is 0. The van der Waals surface area contributed by atoms with Crippen LogP contribution in [0.5, 0.6) is 0 Å². The van der Waals surface area contributed by atoms with Crippen molar-refractivity contribution in [2.24, 2.45) is 5.92 Å². The molecule has 0 fully saturated rings. The van der Waals surface area contributed by atoms with Gasteiger partial charge in [-0.1, -0.05) is 51.0 Å². The number of rotatable bonds is 6. The molecule has 2 rings (SSSR count). The minimum atomic E-state index is 0.445. The van der Waals surface area contributed by atoms with E-state index in [2.05, 4.69) is 38.2 Å². The summed E-state index contributed by atoms with van der Waals surface area (Å²) in [5.41, 5.74) is 1.87. The molecule has 0 aliphatic heterocycles. The van der Waals surface area contributed by atoms with Crippen molar-refractivity contribution in [3.05, 3.63) is 42.0 Å². The van der Waals surface area contributed by atoms with Crippen molar-refractivity contribution < 1.29 is 0 Å². The van der Waals surface area contributed by atoms with Crippen LogP contribution in [-0.2, 0) is 0 Å². The summed E-state index contributed by atoms with van der Waals surface area (Å²) in [7, 11) is 0.